The Labute approximate surface area is 156 Å². The van der Waals surface area contributed by atoms with Crippen LogP contribution >= 0.6 is 0 Å². The number of fused-ring (bicyclic) bond motifs is 1. The molecule has 8 nitrogen and oxygen atoms in total. The van der Waals surface area contributed by atoms with Gasteiger partial charge in [-0.25, -0.2) is 0 Å². The van der Waals surface area contributed by atoms with E-state index in [0.29, 0.717) is 43.5 Å². The summed E-state index contributed by atoms with van der Waals surface area (Å²) in [6, 6.07) is 7.06. The first-order valence-corrected chi connectivity index (χ1v) is 9.29. The summed E-state index contributed by atoms with van der Waals surface area (Å²) in [5.74, 6) is -0.167. The highest BCUT2D eigenvalue weighted by atomic mass is 16.2. The van der Waals surface area contributed by atoms with Crippen LogP contribution in [0.15, 0.2) is 33.9 Å². The van der Waals surface area contributed by atoms with Crippen molar-refractivity contribution >= 4 is 22.8 Å². The SMILES string of the molecule is CCn1c(=O)c(=O)n(CC(=O)NCCCN2CCCC2=O)c2ccccc21. The van der Waals surface area contributed by atoms with Crippen LogP contribution in [0.1, 0.15) is 26.2 Å². The second-order valence-electron chi connectivity index (χ2n) is 6.62. The Morgan fingerprint density at radius 2 is 1.74 bits per heavy atom. The van der Waals surface area contributed by atoms with E-state index in [9.17, 15) is 19.2 Å². The van der Waals surface area contributed by atoms with Gasteiger partial charge in [-0.15, -0.1) is 0 Å². The molecule has 1 N–H and O–H groups in total. The van der Waals surface area contributed by atoms with Gasteiger partial charge >= 0.3 is 11.1 Å². The number of amides is 2. The highest BCUT2D eigenvalue weighted by Crippen LogP contribution is 2.11. The highest BCUT2D eigenvalue weighted by Gasteiger charge is 2.19. The Kier molecular flexibility index (Phi) is 5.73. The normalized spacial score (nSPS) is 14.1. The average molecular weight is 372 g/mol. The van der Waals surface area contributed by atoms with E-state index >= 15 is 0 Å². The van der Waals surface area contributed by atoms with E-state index in [1.54, 1.807) is 36.1 Å². The Morgan fingerprint density at radius 1 is 1.07 bits per heavy atom. The van der Waals surface area contributed by atoms with Gasteiger partial charge in [0, 0.05) is 32.6 Å². The summed E-state index contributed by atoms with van der Waals surface area (Å²) in [5.41, 5.74) is -0.142. The molecular weight excluding hydrogens is 348 g/mol. The zero-order chi connectivity index (χ0) is 19.4. The number of nitrogens with one attached hydrogen (secondary N) is 1. The molecule has 3 rings (SSSR count). The maximum absolute atomic E-state index is 12.4. The van der Waals surface area contributed by atoms with E-state index in [4.69, 9.17) is 0 Å². The molecule has 8 heteroatoms. The van der Waals surface area contributed by atoms with E-state index in [-0.39, 0.29) is 18.4 Å². The van der Waals surface area contributed by atoms with Crippen molar-refractivity contribution in [2.45, 2.75) is 39.3 Å². The van der Waals surface area contributed by atoms with Crippen molar-refractivity contribution in [1.29, 1.82) is 0 Å². The van der Waals surface area contributed by atoms with Crippen molar-refractivity contribution in [1.82, 2.24) is 19.4 Å². The molecule has 1 aromatic heterocycles. The first-order valence-electron chi connectivity index (χ1n) is 9.29. The minimum absolute atomic E-state index is 0.163. The lowest BCUT2D eigenvalue weighted by atomic mass is 10.2. The monoisotopic (exact) mass is 372 g/mol. The summed E-state index contributed by atoms with van der Waals surface area (Å²) in [5, 5.41) is 2.76. The van der Waals surface area contributed by atoms with Crippen LogP contribution < -0.4 is 16.4 Å². The van der Waals surface area contributed by atoms with Gasteiger partial charge in [-0.2, -0.15) is 0 Å². The molecule has 144 valence electrons. The summed E-state index contributed by atoms with van der Waals surface area (Å²) in [6.07, 6.45) is 2.15. The van der Waals surface area contributed by atoms with Crippen LogP contribution in [0.25, 0.3) is 11.0 Å². The minimum atomic E-state index is -0.701. The largest absolute Gasteiger partial charge is 0.354 e. The van der Waals surface area contributed by atoms with Gasteiger partial charge in [-0.1, -0.05) is 12.1 Å². The maximum Gasteiger partial charge on any atom is 0.317 e. The molecule has 27 heavy (non-hydrogen) atoms. The van der Waals surface area contributed by atoms with Gasteiger partial charge in [0.15, 0.2) is 0 Å². The van der Waals surface area contributed by atoms with Crippen molar-refractivity contribution in [3.63, 3.8) is 0 Å². The van der Waals surface area contributed by atoms with Gasteiger partial charge in [0.1, 0.15) is 6.54 Å². The molecule has 0 bridgehead atoms. The van der Waals surface area contributed by atoms with Crippen LogP contribution in [0.2, 0.25) is 0 Å². The lowest BCUT2D eigenvalue weighted by molar-refractivity contribution is -0.127. The molecule has 0 saturated carbocycles. The lowest BCUT2D eigenvalue weighted by Gasteiger charge is -2.16. The molecule has 0 spiro atoms. The molecule has 2 heterocycles. The van der Waals surface area contributed by atoms with E-state index in [0.717, 1.165) is 13.0 Å². The molecular formula is C19H24N4O4. The third-order valence-corrected chi connectivity index (χ3v) is 4.85. The number of para-hydroxylation sites is 2. The van der Waals surface area contributed by atoms with Crippen molar-refractivity contribution in [3.05, 3.63) is 45.0 Å². The molecule has 0 radical (unpaired) electrons. The number of aryl methyl sites for hydroxylation is 1. The fourth-order valence-electron chi connectivity index (χ4n) is 3.48. The number of benzene rings is 1. The zero-order valence-electron chi connectivity index (χ0n) is 15.4. The number of hydrogen-bond acceptors (Lipinski definition) is 4. The summed E-state index contributed by atoms with van der Waals surface area (Å²) < 4.78 is 2.64. The molecule has 1 saturated heterocycles. The Balaban J connectivity index is 1.68. The predicted molar refractivity (Wildman–Crippen MR) is 102 cm³/mol. The Bertz CT molecular complexity index is 976. The van der Waals surface area contributed by atoms with E-state index < -0.39 is 11.1 Å². The molecule has 1 aromatic carbocycles. The first-order chi connectivity index (χ1) is 13.0. The molecule has 1 aliphatic heterocycles. The van der Waals surface area contributed by atoms with Crippen LogP contribution in [0.4, 0.5) is 0 Å². The third kappa shape index (κ3) is 3.94. The van der Waals surface area contributed by atoms with Gasteiger partial charge in [0.05, 0.1) is 11.0 Å². The van der Waals surface area contributed by atoms with Gasteiger partial charge in [-0.3, -0.25) is 23.7 Å². The third-order valence-electron chi connectivity index (χ3n) is 4.85. The van der Waals surface area contributed by atoms with Crippen LogP contribution in [0, 0.1) is 0 Å². The zero-order valence-corrected chi connectivity index (χ0v) is 15.4. The van der Waals surface area contributed by atoms with Crippen molar-refractivity contribution in [2.24, 2.45) is 0 Å². The number of nitrogens with zero attached hydrogens (tertiary/aromatic N) is 3. The molecule has 0 unspecified atom stereocenters. The smallest absolute Gasteiger partial charge is 0.317 e. The maximum atomic E-state index is 12.4. The van der Waals surface area contributed by atoms with Crippen LogP contribution in [0.3, 0.4) is 0 Å². The molecule has 2 amide bonds. The van der Waals surface area contributed by atoms with Crippen LogP contribution in [-0.2, 0) is 22.7 Å². The molecule has 2 aromatic rings. The van der Waals surface area contributed by atoms with Crippen molar-refractivity contribution in [3.8, 4) is 0 Å². The molecule has 1 fully saturated rings. The standard InChI is InChI=1S/C19H24N4O4/c1-2-22-14-7-3-4-8-15(14)23(19(27)18(22)26)13-16(24)20-10-6-12-21-11-5-9-17(21)25/h3-4,7-8H,2,5-6,9-13H2,1H3,(H,20,24). The fourth-order valence-corrected chi connectivity index (χ4v) is 3.48. The highest BCUT2D eigenvalue weighted by molar-refractivity contribution is 5.80. The summed E-state index contributed by atoms with van der Waals surface area (Å²) in [6.45, 7) is 3.80. The van der Waals surface area contributed by atoms with E-state index in [1.807, 2.05) is 0 Å². The average Bonchev–Trinajstić information content (AvgIpc) is 3.08. The number of likely N-dealkylation sites (tertiary alicyclic amines) is 1. The van der Waals surface area contributed by atoms with E-state index in [2.05, 4.69) is 5.32 Å². The minimum Gasteiger partial charge on any atom is -0.354 e. The number of carbonyl (C=O) groups is 2. The quantitative estimate of drug-likeness (QED) is 0.559. The van der Waals surface area contributed by atoms with Crippen LogP contribution in [-0.4, -0.2) is 45.5 Å². The molecule has 0 atom stereocenters. The van der Waals surface area contributed by atoms with Gasteiger partial charge < -0.3 is 14.8 Å². The predicted octanol–water partition coefficient (Wildman–Crippen LogP) is 0.312. The number of rotatable bonds is 7. The van der Waals surface area contributed by atoms with Crippen LogP contribution in [0.5, 0.6) is 0 Å². The second kappa shape index (κ2) is 8.20. The number of hydrogen-bond donors (Lipinski definition) is 1. The van der Waals surface area contributed by atoms with E-state index in [1.165, 1.54) is 9.13 Å². The lowest BCUT2D eigenvalue weighted by Crippen LogP contribution is -2.44. The summed E-state index contributed by atoms with van der Waals surface area (Å²) >= 11 is 0. The Morgan fingerprint density at radius 3 is 2.37 bits per heavy atom. The Hall–Kier alpha value is -2.90. The molecule has 0 aliphatic carbocycles. The van der Waals surface area contributed by atoms with Gasteiger partial charge in [0.25, 0.3) is 0 Å². The van der Waals surface area contributed by atoms with Crippen molar-refractivity contribution in [2.75, 3.05) is 19.6 Å². The fraction of sp³-hybridized carbons (Fsp3) is 0.474. The van der Waals surface area contributed by atoms with Gasteiger partial charge in [0.2, 0.25) is 11.8 Å². The summed E-state index contributed by atoms with van der Waals surface area (Å²) in [7, 11) is 0. The second-order valence-corrected chi connectivity index (χ2v) is 6.62. The number of carbonyl (C=O) groups excluding carboxylic acids is 2. The number of aromatic nitrogens is 2. The van der Waals surface area contributed by atoms with Crippen molar-refractivity contribution < 1.29 is 9.59 Å². The van der Waals surface area contributed by atoms with Gasteiger partial charge in [-0.05, 0) is 31.9 Å². The summed E-state index contributed by atoms with van der Waals surface area (Å²) in [4.78, 5) is 50.4. The molecule has 1 aliphatic rings. The topological polar surface area (TPSA) is 93.4 Å². The first kappa shape index (κ1) is 18.9.